The Bertz CT molecular complexity index is 70.6. The van der Waals surface area contributed by atoms with Gasteiger partial charge in [-0.05, 0) is 0 Å². The van der Waals surface area contributed by atoms with Crippen molar-refractivity contribution in [2.75, 3.05) is 0 Å². The van der Waals surface area contributed by atoms with Crippen LogP contribution in [0.15, 0.2) is 0 Å². The summed E-state index contributed by atoms with van der Waals surface area (Å²) in [4.78, 5) is 18.4. The van der Waals surface area contributed by atoms with E-state index in [2.05, 4.69) is 0 Å². The van der Waals surface area contributed by atoms with Gasteiger partial charge in [0.05, 0.1) is 0 Å². The Hall–Kier alpha value is 0.244. The molecule has 0 aromatic carbocycles. The SMILES string of the molecule is O=[C-]CC(=O)O.[Y]. The third kappa shape index (κ3) is 10.7. The van der Waals surface area contributed by atoms with Crippen LogP contribution in [-0.4, -0.2) is 17.4 Å². The topological polar surface area (TPSA) is 54.4 Å². The maximum Gasteiger partial charge on any atom is 0.276 e. The zero-order valence-corrected chi connectivity index (χ0v) is 6.39. The van der Waals surface area contributed by atoms with E-state index in [0.29, 0.717) is 0 Å². The largest absolute Gasteiger partial charge is 0.541 e. The van der Waals surface area contributed by atoms with Gasteiger partial charge in [-0.15, -0.1) is 0 Å². The number of carbonyl (C=O) groups excluding carboxylic acids is 1. The third-order valence-corrected chi connectivity index (χ3v) is 0.223. The van der Waals surface area contributed by atoms with Crippen LogP contribution in [0.1, 0.15) is 6.42 Å². The van der Waals surface area contributed by atoms with Crippen LogP contribution in [0.5, 0.6) is 0 Å². The molecule has 3 nitrogen and oxygen atoms in total. The Kier molecular flexibility index (Phi) is 9.16. The third-order valence-electron chi connectivity index (χ3n) is 0.223. The van der Waals surface area contributed by atoms with Gasteiger partial charge in [0.15, 0.2) is 0 Å². The van der Waals surface area contributed by atoms with Crippen LogP contribution >= 0.6 is 0 Å². The van der Waals surface area contributed by atoms with Crippen LogP contribution < -0.4 is 0 Å². The molecule has 4 heteroatoms. The fourth-order valence-corrected chi connectivity index (χ4v) is 0.0617. The molecule has 1 N–H and O–H groups in total. The van der Waals surface area contributed by atoms with Gasteiger partial charge in [0.2, 0.25) is 0 Å². The summed E-state index contributed by atoms with van der Waals surface area (Å²) in [5.74, 6) is -1.13. The first-order valence-corrected chi connectivity index (χ1v) is 1.34. The van der Waals surface area contributed by atoms with Crippen molar-refractivity contribution in [2.45, 2.75) is 6.42 Å². The van der Waals surface area contributed by atoms with E-state index >= 15 is 0 Å². The molecule has 0 spiro atoms. The fraction of sp³-hybridized carbons (Fsp3) is 0.333. The molecule has 0 aromatic heterocycles. The van der Waals surface area contributed by atoms with Crippen molar-refractivity contribution in [3.05, 3.63) is 0 Å². The minimum absolute atomic E-state index is 0. The zero-order chi connectivity index (χ0) is 4.99. The van der Waals surface area contributed by atoms with E-state index in [0.717, 1.165) is 0 Å². The number of rotatable bonds is 2. The normalized spacial score (nSPS) is 6.29. The average molecular weight is 176 g/mol. The minimum Gasteiger partial charge on any atom is -0.541 e. The molecule has 0 heterocycles. The van der Waals surface area contributed by atoms with Gasteiger partial charge in [-0.2, -0.15) is 0 Å². The Morgan fingerprint density at radius 2 is 2.14 bits per heavy atom. The summed E-state index contributed by atoms with van der Waals surface area (Å²) in [6.45, 7) is 0. The van der Waals surface area contributed by atoms with Gasteiger partial charge in [-0.1, -0.05) is 6.42 Å². The summed E-state index contributed by atoms with van der Waals surface area (Å²) in [7, 11) is 0. The first-order chi connectivity index (χ1) is 2.77. The smallest absolute Gasteiger partial charge is 0.276 e. The Labute approximate surface area is 66.0 Å². The van der Waals surface area contributed by atoms with Crippen LogP contribution in [0, 0.1) is 0 Å². The molecule has 0 atom stereocenters. The van der Waals surface area contributed by atoms with E-state index < -0.39 is 12.4 Å². The second-order valence-corrected chi connectivity index (χ2v) is 0.715. The average Bonchev–Trinajstić information content (AvgIpc) is 1.35. The summed E-state index contributed by atoms with van der Waals surface area (Å²) in [6, 6.07) is 0. The van der Waals surface area contributed by atoms with Crippen LogP contribution in [-0.2, 0) is 42.3 Å². The van der Waals surface area contributed by atoms with Gasteiger partial charge in [0.1, 0.15) is 0 Å². The van der Waals surface area contributed by atoms with E-state index in [1.807, 2.05) is 0 Å². The molecular formula is C3H3O3Y-. The van der Waals surface area contributed by atoms with Crippen molar-refractivity contribution in [1.29, 1.82) is 0 Å². The standard InChI is InChI=1S/C3H3O3.Y/c4-2-1-3(5)6;/h1H2,(H,5,6);/q-1;. The summed E-state index contributed by atoms with van der Waals surface area (Å²) < 4.78 is 0. The molecule has 0 aliphatic rings. The molecular weight excluding hydrogens is 173 g/mol. The van der Waals surface area contributed by atoms with E-state index in [1.54, 1.807) is 0 Å². The molecule has 0 saturated heterocycles. The Morgan fingerprint density at radius 1 is 1.71 bits per heavy atom. The van der Waals surface area contributed by atoms with E-state index in [-0.39, 0.29) is 32.7 Å². The summed E-state index contributed by atoms with van der Waals surface area (Å²) >= 11 is 0. The molecule has 0 fully saturated rings. The van der Waals surface area contributed by atoms with Crippen molar-refractivity contribution in [3.8, 4) is 0 Å². The molecule has 0 bridgehead atoms. The number of hydrogen-bond acceptors (Lipinski definition) is 2. The second kappa shape index (κ2) is 6.24. The molecule has 0 rings (SSSR count). The molecule has 7 heavy (non-hydrogen) atoms. The first-order valence-electron chi connectivity index (χ1n) is 1.34. The molecule has 0 unspecified atom stereocenters. The number of aliphatic carboxylic acids is 1. The summed E-state index contributed by atoms with van der Waals surface area (Å²) in [6.07, 6.45) is 0.704. The number of hydrogen-bond donors (Lipinski definition) is 1. The summed E-state index contributed by atoms with van der Waals surface area (Å²) in [5, 5.41) is 7.65. The number of carboxylic acid groups (broad SMARTS) is 1. The van der Waals surface area contributed by atoms with Crippen LogP contribution in [0.3, 0.4) is 0 Å². The molecule has 1 radical (unpaired) electrons. The number of carboxylic acids is 1. The van der Waals surface area contributed by atoms with Crippen molar-refractivity contribution < 1.29 is 47.4 Å². The van der Waals surface area contributed by atoms with Gasteiger partial charge in [-0.3, -0.25) is 11.1 Å². The van der Waals surface area contributed by atoms with Crippen LogP contribution in [0.2, 0.25) is 0 Å². The first kappa shape index (κ1) is 10.3. The maximum atomic E-state index is 9.34. The minimum atomic E-state index is -1.13. The quantitative estimate of drug-likeness (QED) is 0.458. The Balaban J connectivity index is 0. The van der Waals surface area contributed by atoms with Crippen LogP contribution in [0.4, 0.5) is 0 Å². The molecule has 0 amide bonds. The zero-order valence-electron chi connectivity index (χ0n) is 3.55. The fourth-order valence-electron chi connectivity index (χ4n) is 0.0617. The second-order valence-electron chi connectivity index (χ2n) is 0.715. The predicted octanol–water partition coefficient (Wildman–Crippen LogP) is -0.432. The predicted molar refractivity (Wildman–Crippen MR) is 17.9 cm³/mol. The van der Waals surface area contributed by atoms with Gasteiger partial charge in [0, 0.05) is 32.7 Å². The van der Waals surface area contributed by atoms with Crippen molar-refractivity contribution in [1.82, 2.24) is 0 Å². The monoisotopic (exact) mass is 176 g/mol. The molecule has 0 aliphatic carbocycles. The molecule has 0 aliphatic heterocycles. The van der Waals surface area contributed by atoms with Crippen LogP contribution in [0.25, 0.3) is 0 Å². The number of carbonyl (C=O) groups is 1. The summed E-state index contributed by atoms with van der Waals surface area (Å²) in [5.41, 5.74) is 0. The van der Waals surface area contributed by atoms with E-state index in [4.69, 9.17) is 9.90 Å². The van der Waals surface area contributed by atoms with Gasteiger partial charge in [0.25, 0.3) is 5.97 Å². The molecule has 0 aromatic rings. The maximum absolute atomic E-state index is 9.34. The van der Waals surface area contributed by atoms with E-state index in [9.17, 15) is 4.79 Å². The van der Waals surface area contributed by atoms with Crippen molar-refractivity contribution in [3.63, 3.8) is 0 Å². The molecule has 37 valence electrons. The van der Waals surface area contributed by atoms with E-state index in [1.165, 1.54) is 6.29 Å². The van der Waals surface area contributed by atoms with Gasteiger partial charge >= 0.3 is 0 Å². The van der Waals surface area contributed by atoms with Crippen molar-refractivity contribution >= 4 is 12.3 Å². The van der Waals surface area contributed by atoms with Crippen molar-refractivity contribution in [2.24, 2.45) is 0 Å². The van der Waals surface area contributed by atoms with Gasteiger partial charge < -0.3 is 9.90 Å². The molecule has 0 saturated carbocycles. The van der Waals surface area contributed by atoms with Gasteiger partial charge in [-0.25, -0.2) is 0 Å². The Morgan fingerprint density at radius 3 is 2.14 bits per heavy atom.